The van der Waals surface area contributed by atoms with Crippen molar-refractivity contribution in [3.8, 4) is 0 Å². The molecular formula is C17H18N2O. The summed E-state index contributed by atoms with van der Waals surface area (Å²) >= 11 is 0. The second kappa shape index (κ2) is 5.45. The van der Waals surface area contributed by atoms with Gasteiger partial charge in [-0.2, -0.15) is 0 Å². The number of nitrogens with one attached hydrogen (secondary N) is 1. The molecule has 1 fully saturated rings. The quantitative estimate of drug-likeness (QED) is 0.924. The van der Waals surface area contributed by atoms with Crippen molar-refractivity contribution in [2.24, 2.45) is 11.8 Å². The van der Waals surface area contributed by atoms with Crippen LogP contribution >= 0.6 is 0 Å². The molecule has 2 aromatic rings. The van der Waals surface area contributed by atoms with E-state index >= 15 is 0 Å². The van der Waals surface area contributed by atoms with E-state index in [1.165, 1.54) is 0 Å². The van der Waals surface area contributed by atoms with Gasteiger partial charge in [0.15, 0.2) is 0 Å². The molecule has 0 radical (unpaired) electrons. The lowest BCUT2D eigenvalue weighted by molar-refractivity contribution is -0.123. The van der Waals surface area contributed by atoms with Crippen LogP contribution in [0.2, 0.25) is 0 Å². The highest BCUT2D eigenvalue weighted by Gasteiger charge is 2.40. The lowest BCUT2D eigenvalue weighted by Gasteiger charge is -2.19. The maximum atomic E-state index is 12.2. The van der Waals surface area contributed by atoms with Crippen molar-refractivity contribution >= 4 is 5.91 Å². The van der Waals surface area contributed by atoms with Gasteiger partial charge in [0.25, 0.3) is 0 Å². The van der Waals surface area contributed by atoms with E-state index < -0.39 is 0 Å². The summed E-state index contributed by atoms with van der Waals surface area (Å²) < 4.78 is 0. The zero-order valence-corrected chi connectivity index (χ0v) is 11.5. The standard InChI is InChI=1S/C17H18N2O/c1-12-11-14(12)17(20)19-16(13-7-3-2-4-8-13)15-9-5-6-10-18-15/h2-10,12,14,16H,11H2,1H3,(H,19,20). The third-order valence-corrected chi connectivity index (χ3v) is 3.85. The predicted molar refractivity (Wildman–Crippen MR) is 77.9 cm³/mol. The first-order valence-corrected chi connectivity index (χ1v) is 7.02. The van der Waals surface area contributed by atoms with E-state index in [4.69, 9.17) is 0 Å². The molecular weight excluding hydrogens is 248 g/mol. The first-order valence-electron chi connectivity index (χ1n) is 7.02. The summed E-state index contributed by atoms with van der Waals surface area (Å²) in [5, 5.41) is 3.14. The van der Waals surface area contributed by atoms with Crippen molar-refractivity contribution in [1.29, 1.82) is 0 Å². The van der Waals surface area contributed by atoms with E-state index in [9.17, 15) is 4.79 Å². The fourth-order valence-corrected chi connectivity index (χ4v) is 2.46. The van der Waals surface area contributed by atoms with Gasteiger partial charge < -0.3 is 5.32 Å². The molecule has 20 heavy (non-hydrogen) atoms. The highest BCUT2D eigenvalue weighted by Crippen LogP contribution is 2.38. The summed E-state index contributed by atoms with van der Waals surface area (Å²) in [4.78, 5) is 16.6. The molecule has 1 aliphatic carbocycles. The highest BCUT2D eigenvalue weighted by atomic mass is 16.2. The lowest BCUT2D eigenvalue weighted by atomic mass is 10.0. The molecule has 3 rings (SSSR count). The van der Waals surface area contributed by atoms with Crippen LogP contribution in [0.1, 0.15) is 30.6 Å². The Kier molecular flexibility index (Phi) is 3.50. The second-order valence-corrected chi connectivity index (χ2v) is 5.43. The van der Waals surface area contributed by atoms with Crippen molar-refractivity contribution in [2.75, 3.05) is 0 Å². The number of rotatable bonds is 4. The Morgan fingerprint density at radius 3 is 2.50 bits per heavy atom. The van der Waals surface area contributed by atoms with Crippen LogP contribution in [0.25, 0.3) is 0 Å². The fourth-order valence-electron chi connectivity index (χ4n) is 2.46. The van der Waals surface area contributed by atoms with Crippen molar-refractivity contribution in [2.45, 2.75) is 19.4 Å². The first-order chi connectivity index (χ1) is 9.75. The first kappa shape index (κ1) is 12.9. The second-order valence-electron chi connectivity index (χ2n) is 5.43. The van der Waals surface area contributed by atoms with E-state index in [2.05, 4.69) is 17.2 Å². The Bertz CT molecular complexity index is 543. The minimum absolute atomic E-state index is 0.136. The molecule has 3 atom stereocenters. The number of nitrogens with zero attached hydrogens (tertiary/aromatic N) is 1. The Balaban J connectivity index is 1.86. The number of hydrogen-bond acceptors (Lipinski definition) is 2. The number of aromatic nitrogens is 1. The molecule has 1 aromatic heterocycles. The number of amides is 1. The van der Waals surface area contributed by atoms with Gasteiger partial charge in [0.05, 0.1) is 11.7 Å². The van der Waals surface area contributed by atoms with Gasteiger partial charge in [-0.05, 0) is 30.0 Å². The summed E-state index contributed by atoms with van der Waals surface area (Å²) in [7, 11) is 0. The van der Waals surface area contributed by atoms with Crippen molar-refractivity contribution < 1.29 is 4.79 Å². The van der Waals surface area contributed by atoms with Gasteiger partial charge in [0, 0.05) is 12.1 Å². The SMILES string of the molecule is CC1CC1C(=O)NC(c1ccccc1)c1ccccn1. The predicted octanol–water partition coefficient (Wildman–Crippen LogP) is 2.94. The lowest BCUT2D eigenvalue weighted by Crippen LogP contribution is -2.31. The molecule has 1 amide bonds. The van der Waals surface area contributed by atoms with Crippen LogP contribution in [0.15, 0.2) is 54.7 Å². The van der Waals surface area contributed by atoms with Gasteiger partial charge in [-0.3, -0.25) is 9.78 Å². The topological polar surface area (TPSA) is 42.0 Å². The molecule has 3 unspecified atom stereocenters. The van der Waals surface area contributed by atoms with Gasteiger partial charge in [-0.1, -0.05) is 43.3 Å². The monoisotopic (exact) mass is 266 g/mol. The third-order valence-electron chi connectivity index (χ3n) is 3.85. The zero-order chi connectivity index (χ0) is 13.9. The molecule has 0 saturated heterocycles. The average molecular weight is 266 g/mol. The van der Waals surface area contributed by atoms with E-state index in [1.807, 2.05) is 48.5 Å². The van der Waals surface area contributed by atoms with Crippen LogP contribution in [0.5, 0.6) is 0 Å². The number of carbonyl (C=O) groups excluding carboxylic acids is 1. The molecule has 0 spiro atoms. The van der Waals surface area contributed by atoms with Crippen LogP contribution < -0.4 is 5.32 Å². The summed E-state index contributed by atoms with van der Waals surface area (Å²) in [5.74, 6) is 0.817. The molecule has 102 valence electrons. The van der Waals surface area contributed by atoms with Crippen LogP contribution in [-0.2, 0) is 4.79 Å². The van der Waals surface area contributed by atoms with Crippen LogP contribution in [0, 0.1) is 11.8 Å². The molecule has 1 heterocycles. The maximum Gasteiger partial charge on any atom is 0.224 e. The van der Waals surface area contributed by atoms with E-state index in [0.717, 1.165) is 17.7 Å². The summed E-state index contributed by atoms with van der Waals surface area (Å²) in [6, 6.07) is 15.6. The smallest absolute Gasteiger partial charge is 0.224 e. The molecule has 3 nitrogen and oxygen atoms in total. The van der Waals surface area contributed by atoms with Gasteiger partial charge in [-0.25, -0.2) is 0 Å². The van der Waals surface area contributed by atoms with Gasteiger partial charge in [0.2, 0.25) is 5.91 Å². The summed E-state index contributed by atoms with van der Waals surface area (Å²) in [5.41, 5.74) is 1.94. The number of carbonyl (C=O) groups is 1. The Labute approximate surface area is 119 Å². The highest BCUT2D eigenvalue weighted by molar-refractivity contribution is 5.82. The molecule has 1 aliphatic rings. The number of benzene rings is 1. The molecule has 0 bridgehead atoms. The zero-order valence-electron chi connectivity index (χ0n) is 11.5. The summed E-state index contributed by atoms with van der Waals surface area (Å²) in [6.45, 7) is 2.11. The van der Waals surface area contributed by atoms with Gasteiger partial charge in [0.1, 0.15) is 0 Å². The number of pyridine rings is 1. The van der Waals surface area contributed by atoms with Crippen LogP contribution in [-0.4, -0.2) is 10.9 Å². The minimum Gasteiger partial charge on any atom is -0.343 e. The Morgan fingerprint density at radius 2 is 1.90 bits per heavy atom. The van der Waals surface area contributed by atoms with E-state index in [-0.39, 0.29) is 17.9 Å². The molecule has 1 N–H and O–H groups in total. The Hall–Kier alpha value is -2.16. The van der Waals surface area contributed by atoms with Gasteiger partial charge in [-0.15, -0.1) is 0 Å². The maximum absolute atomic E-state index is 12.2. The van der Waals surface area contributed by atoms with Crippen molar-refractivity contribution in [3.05, 3.63) is 66.0 Å². The molecule has 3 heteroatoms. The van der Waals surface area contributed by atoms with Crippen LogP contribution in [0.3, 0.4) is 0 Å². The van der Waals surface area contributed by atoms with Crippen LogP contribution in [0.4, 0.5) is 0 Å². The van der Waals surface area contributed by atoms with E-state index in [0.29, 0.717) is 5.92 Å². The minimum atomic E-state index is -0.169. The van der Waals surface area contributed by atoms with Gasteiger partial charge >= 0.3 is 0 Å². The average Bonchev–Trinajstić information content (AvgIpc) is 3.23. The Morgan fingerprint density at radius 1 is 1.20 bits per heavy atom. The molecule has 1 saturated carbocycles. The largest absolute Gasteiger partial charge is 0.343 e. The van der Waals surface area contributed by atoms with E-state index in [1.54, 1.807) is 6.20 Å². The third kappa shape index (κ3) is 2.72. The van der Waals surface area contributed by atoms with Crippen molar-refractivity contribution in [1.82, 2.24) is 10.3 Å². The molecule has 0 aliphatic heterocycles. The fraction of sp³-hybridized carbons (Fsp3) is 0.294. The summed E-state index contributed by atoms with van der Waals surface area (Å²) in [6.07, 6.45) is 2.76. The molecule has 1 aromatic carbocycles. The number of hydrogen-bond donors (Lipinski definition) is 1. The normalized spacial score (nSPS) is 22.1. The van der Waals surface area contributed by atoms with Crippen molar-refractivity contribution in [3.63, 3.8) is 0 Å².